The highest BCUT2D eigenvalue weighted by molar-refractivity contribution is 6.01. The molecule has 1 unspecified atom stereocenters. The van der Waals surface area contributed by atoms with Crippen LogP contribution < -0.4 is 5.56 Å². The quantitative estimate of drug-likeness (QED) is 0.786. The predicted octanol–water partition coefficient (Wildman–Crippen LogP) is 2.07. The van der Waals surface area contributed by atoms with Crippen molar-refractivity contribution in [1.29, 1.82) is 0 Å². The SMILES string of the molecule is O=c1c2oc3ccccc3c2ncn1CC(O)C(F)(F)F. The molecule has 1 atom stereocenters. The van der Waals surface area contributed by atoms with E-state index in [2.05, 4.69) is 4.98 Å². The Balaban J connectivity index is 2.13. The summed E-state index contributed by atoms with van der Waals surface area (Å²) in [5, 5.41) is 9.64. The van der Waals surface area contributed by atoms with E-state index in [9.17, 15) is 18.0 Å². The van der Waals surface area contributed by atoms with Crippen molar-refractivity contribution < 1.29 is 22.7 Å². The van der Waals surface area contributed by atoms with Crippen LogP contribution in [0.25, 0.3) is 22.1 Å². The third kappa shape index (κ3) is 2.27. The molecule has 3 rings (SSSR count). The fourth-order valence-electron chi connectivity index (χ4n) is 2.04. The molecule has 2 heterocycles. The van der Waals surface area contributed by atoms with Gasteiger partial charge in [0.2, 0.25) is 5.58 Å². The Morgan fingerprint density at radius 2 is 2.05 bits per heavy atom. The van der Waals surface area contributed by atoms with Gasteiger partial charge in [-0.15, -0.1) is 0 Å². The minimum atomic E-state index is -4.80. The van der Waals surface area contributed by atoms with Crippen molar-refractivity contribution in [2.24, 2.45) is 0 Å². The predicted molar refractivity (Wildman–Crippen MR) is 67.8 cm³/mol. The maximum atomic E-state index is 12.3. The number of alkyl halides is 3. The van der Waals surface area contributed by atoms with Gasteiger partial charge in [-0.3, -0.25) is 9.36 Å². The lowest BCUT2D eigenvalue weighted by Gasteiger charge is -2.15. The first-order chi connectivity index (χ1) is 9.88. The van der Waals surface area contributed by atoms with E-state index in [1.165, 1.54) is 0 Å². The van der Waals surface area contributed by atoms with Gasteiger partial charge in [0.15, 0.2) is 6.10 Å². The van der Waals surface area contributed by atoms with Gasteiger partial charge in [0, 0.05) is 5.39 Å². The molecule has 0 radical (unpaired) electrons. The summed E-state index contributed by atoms with van der Waals surface area (Å²) >= 11 is 0. The van der Waals surface area contributed by atoms with Gasteiger partial charge in [-0.25, -0.2) is 4.98 Å². The minimum absolute atomic E-state index is 0.131. The molecule has 0 saturated heterocycles. The van der Waals surface area contributed by atoms with E-state index in [0.29, 0.717) is 15.5 Å². The normalized spacial score (nSPS) is 13.9. The van der Waals surface area contributed by atoms with Crippen molar-refractivity contribution in [2.75, 3.05) is 0 Å². The molecule has 110 valence electrons. The molecule has 0 aliphatic rings. The van der Waals surface area contributed by atoms with Crippen LogP contribution in [0.3, 0.4) is 0 Å². The maximum Gasteiger partial charge on any atom is 0.416 e. The fourth-order valence-corrected chi connectivity index (χ4v) is 2.04. The summed E-state index contributed by atoms with van der Waals surface area (Å²) < 4.78 is 43.0. The van der Waals surface area contributed by atoms with Crippen molar-refractivity contribution >= 4 is 22.1 Å². The van der Waals surface area contributed by atoms with Crippen LogP contribution in [0.2, 0.25) is 0 Å². The van der Waals surface area contributed by atoms with E-state index in [1.54, 1.807) is 24.3 Å². The van der Waals surface area contributed by atoms with Gasteiger partial charge < -0.3 is 9.52 Å². The summed E-state index contributed by atoms with van der Waals surface area (Å²) in [5.41, 5.74) is -0.188. The van der Waals surface area contributed by atoms with Gasteiger partial charge in [-0.1, -0.05) is 12.1 Å². The molecule has 0 fully saturated rings. The van der Waals surface area contributed by atoms with Crippen molar-refractivity contribution in [1.82, 2.24) is 9.55 Å². The molecule has 8 heteroatoms. The van der Waals surface area contributed by atoms with Crippen molar-refractivity contribution in [3.63, 3.8) is 0 Å². The molecule has 0 aliphatic heterocycles. The Morgan fingerprint density at radius 1 is 1.33 bits per heavy atom. The second-order valence-corrected chi connectivity index (χ2v) is 4.54. The molecule has 0 bridgehead atoms. The number of aliphatic hydroxyl groups is 1. The monoisotopic (exact) mass is 298 g/mol. The summed E-state index contributed by atoms with van der Waals surface area (Å²) in [6, 6.07) is 6.77. The van der Waals surface area contributed by atoms with Crippen LogP contribution in [0.15, 0.2) is 39.8 Å². The van der Waals surface area contributed by atoms with E-state index < -0.39 is 24.4 Å². The molecule has 0 aliphatic carbocycles. The minimum Gasteiger partial charge on any atom is -0.448 e. The molecule has 5 nitrogen and oxygen atoms in total. The third-order valence-electron chi connectivity index (χ3n) is 3.10. The first kappa shape index (κ1) is 13.6. The van der Waals surface area contributed by atoms with Crippen molar-refractivity contribution in [2.45, 2.75) is 18.8 Å². The Bertz CT molecular complexity index is 866. The summed E-state index contributed by atoms with van der Waals surface area (Å²) in [4.78, 5) is 16.1. The highest BCUT2D eigenvalue weighted by Crippen LogP contribution is 2.25. The van der Waals surface area contributed by atoms with Crippen LogP contribution >= 0.6 is 0 Å². The molecule has 0 saturated carbocycles. The summed E-state index contributed by atoms with van der Waals surface area (Å²) in [6.45, 7) is -0.928. The standard InChI is InChI=1S/C13H9F3N2O3/c14-13(15,16)9(19)5-18-6-17-10-7-3-1-2-4-8(7)21-11(10)12(18)20/h1-4,6,9,19H,5H2. The number of fused-ring (bicyclic) bond motifs is 3. The van der Waals surface area contributed by atoms with Crippen LogP contribution in [0.1, 0.15) is 0 Å². The number of benzene rings is 1. The molecule has 1 N–H and O–H groups in total. The largest absolute Gasteiger partial charge is 0.448 e. The first-order valence-electron chi connectivity index (χ1n) is 5.99. The second-order valence-electron chi connectivity index (χ2n) is 4.54. The number of rotatable bonds is 2. The Morgan fingerprint density at radius 3 is 2.76 bits per heavy atom. The lowest BCUT2D eigenvalue weighted by molar-refractivity contribution is -0.207. The van der Waals surface area contributed by atoms with E-state index in [4.69, 9.17) is 9.52 Å². The zero-order chi connectivity index (χ0) is 15.2. The fraction of sp³-hybridized carbons (Fsp3) is 0.231. The molecular formula is C13H9F3N2O3. The van der Waals surface area contributed by atoms with Crippen LogP contribution in [0, 0.1) is 0 Å². The van der Waals surface area contributed by atoms with Gasteiger partial charge in [0.25, 0.3) is 5.56 Å². The van der Waals surface area contributed by atoms with Crippen LogP contribution in [0.5, 0.6) is 0 Å². The number of halogens is 3. The topological polar surface area (TPSA) is 68.3 Å². The van der Waals surface area contributed by atoms with Gasteiger partial charge in [-0.2, -0.15) is 13.2 Å². The number of nitrogens with zero attached hydrogens (tertiary/aromatic N) is 2. The maximum absolute atomic E-state index is 12.3. The van der Waals surface area contributed by atoms with Crippen LogP contribution in [0.4, 0.5) is 13.2 Å². The molecule has 3 aromatic rings. The van der Waals surface area contributed by atoms with E-state index in [1.807, 2.05) is 0 Å². The average molecular weight is 298 g/mol. The first-order valence-corrected chi connectivity index (χ1v) is 5.99. The molecule has 1 aromatic carbocycles. The summed E-state index contributed by atoms with van der Waals surface area (Å²) in [5.74, 6) is 0. The van der Waals surface area contributed by atoms with E-state index in [-0.39, 0.29) is 11.1 Å². The number of furan rings is 1. The molecule has 0 amide bonds. The van der Waals surface area contributed by atoms with Gasteiger partial charge in [0.1, 0.15) is 11.1 Å². The lowest BCUT2D eigenvalue weighted by atomic mass is 10.2. The summed E-state index contributed by atoms with van der Waals surface area (Å²) in [7, 11) is 0. The molecule has 0 spiro atoms. The number of para-hydroxylation sites is 1. The molecule has 21 heavy (non-hydrogen) atoms. The van der Waals surface area contributed by atoms with Crippen molar-refractivity contribution in [3.8, 4) is 0 Å². The van der Waals surface area contributed by atoms with Gasteiger partial charge in [-0.05, 0) is 12.1 Å². The summed E-state index contributed by atoms with van der Waals surface area (Å²) in [6.07, 6.45) is -6.47. The number of hydrogen-bond donors (Lipinski definition) is 1. The molecular weight excluding hydrogens is 289 g/mol. The van der Waals surface area contributed by atoms with Crippen LogP contribution in [-0.4, -0.2) is 26.9 Å². The number of aliphatic hydroxyl groups excluding tert-OH is 1. The average Bonchev–Trinajstić information content (AvgIpc) is 2.80. The smallest absolute Gasteiger partial charge is 0.416 e. The zero-order valence-electron chi connectivity index (χ0n) is 10.5. The van der Waals surface area contributed by atoms with Gasteiger partial charge in [0.05, 0.1) is 12.9 Å². The Kier molecular flexibility index (Phi) is 2.98. The highest BCUT2D eigenvalue weighted by atomic mass is 19.4. The third-order valence-corrected chi connectivity index (χ3v) is 3.10. The highest BCUT2D eigenvalue weighted by Gasteiger charge is 2.38. The Labute approximate surface area is 115 Å². The van der Waals surface area contributed by atoms with Crippen LogP contribution in [-0.2, 0) is 6.54 Å². The number of hydrogen-bond acceptors (Lipinski definition) is 4. The lowest BCUT2D eigenvalue weighted by Crippen LogP contribution is -2.36. The van der Waals surface area contributed by atoms with E-state index >= 15 is 0 Å². The van der Waals surface area contributed by atoms with E-state index in [0.717, 1.165) is 6.33 Å². The molecule has 2 aromatic heterocycles. The van der Waals surface area contributed by atoms with Gasteiger partial charge >= 0.3 is 6.18 Å². The van der Waals surface area contributed by atoms with Crippen molar-refractivity contribution in [3.05, 3.63) is 40.9 Å². The second kappa shape index (κ2) is 4.59. The Hall–Kier alpha value is -2.35. The zero-order valence-corrected chi connectivity index (χ0v) is 10.5. The number of aromatic nitrogens is 2.